The van der Waals surface area contributed by atoms with Crippen molar-refractivity contribution in [3.63, 3.8) is 0 Å². The summed E-state index contributed by atoms with van der Waals surface area (Å²) in [6.45, 7) is 1.44. The highest BCUT2D eigenvalue weighted by atomic mass is 16.6. The number of ether oxygens (including phenoxy) is 3. The van der Waals surface area contributed by atoms with Gasteiger partial charge in [0.15, 0.2) is 6.10 Å². The second-order valence-electron chi connectivity index (χ2n) is 2.86. The van der Waals surface area contributed by atoms with E-state index in [1.807, 2.05) is 7.05 Å². The van der Waals surface area contributed by atoms with Crippen LogP contribution in [0.2, 0.25) is 0 Å². The second-order valence-corrected chi connectivity index (χ2v) is 2.86. The molecule has 1 aliphatic rings. The SMILES string of the molecule is CNCC1COC(C(=O)OC)CO1. The monoisotopic (exact) mass is 189 g/mol. The molecule has 0 aromatic heterocycles. The molecule has 0 aliphatic carbocycles. The molecule has 0 spiro atoms. The van der Waals surface area contributed by atoms with Crippen molar-refractivity contribution < 1.29 is 19.0 Å². The number of methoxy groups -OCH3 is 1. The Balaban J connectivity index is 2.26. The van der Waals surface area contributed by atoms with Gasteiger partial charge in [-0.15, -0.1) is 0 Å². The average molecular weight is 189 g/mol. The van der Waals surface area contributed by atoms with Gasteiger partial charge in [0, 0.05) is 6.54 Å². The van der Waals surface area contributed by atoms with Gasteiger partial charge < -0.3 is 19.5 Å². The summed E-state index contributed by atoms with van der Waals surface area (Å²) < 4.78 is 15.1. The molecule has 1 aliphatic heterocycles. The topological polar surface area (TPSA) is 56.8 Å². The third-order valence-electron chi connectivity index (χ3n) is 1.86. The molecule has 5 heteroatoms. The Bertz CT molecular complexity index is 166. The van der Waals surface area contributed by atoms with Gasteiger partial charge >= 0.3 is 5.97 Å². The zero-order valence-electron chi connectivity index (χ0n) is 7.91. The van der Waals surface area contributed by atoms with Crippen LogP contribution in [0.1, 0.15) is 0 Å². The van der Waals surface area contributed by atoms with Crippen molar-refractivity contribution >= 4 is 5.97 Å². The highest BCUT2D eigenvalue weighted by Crippen LogP contribution is 2.07. The summed E-state index contributed by atoms with van der Waals surface area (Å²) in [6, 6.07) is 0. The van der Waals surface area contributed by atoms with Crippen molar-refractivity contribution in [2.24, 2.45) is 0 Å². The lowest BCUT2D eigenvalue weighted by Crippen LogP contribution is -2.44. The van der Waals surface area contributed by atoms with Gasteiger partial charge in [-0.2, -0.15) is 0 Å². The summed E-state index contributed by atoms with van der Waals surface area (Å²) in [5, 5.41) is 2.97. The molecular weight excluding hydrogens is 174 g/mol. The van der Waals surface area contributed by atoms with Crippen molar-refractivity contribution in [3.8, 4) is 0 Å². The van der Waals surface area contributed by atoms with Crippen LogP contribution in [0.4, 0.5) is 0 Å². The van der Waals surface area contributed by atoms with Gasteiger partial charge in [0.05, 0.1) is 26.4 Å². The number of hydrogen-bond acceptors (Lipinski definition) is 5. The summed E-state index contributed by atoms with van der Waals surface area (Å²) in [7, 11) is 3.18. The molecule has 1 saturated heterocycles. The first-order valence-electron chi connectivity index (χ1n) is 4.23. The quantitative estimate of drug-likeness (QED) is 0.587. The second kappa shape index (κ2) is 5.16. The Labute approximate surface area is 77.3 Å². The standard InChI is InChI=1S/C8H15NO4/c1-9-3-6-4-13-7(5-12-6)8(10)11-2/h6-7,9H,3-5H2,1-2H3. The first-order valence-corrected chi connectivity index (χ1v) is 4.23. The lowest BCUT2D eigenvalue weighted by atomic mass is 10.3. The molecule has 0 aromatic carbocycles. The molecule has 1 fully saturated rings. The van der Waals surface area contributed by atoms with Gasteiger partial charge in [0.1, 0.15) is 0 Å². The van der Waals surface area contributed by atoms with Crippen LogP contribution in [0.5, 0.6) is 0 Å². The number of hydrogen-bond donors (Lipinski definition) is 1. The van der Waals surface area contributed by atoms with Crippen molar-refractivity contribution in [1.29, 1.82) is 0 Å². The number of nitrogens with one attached hydrogen (secondary N) is 1. The van der Waals surface area contributed by atoms with Gasteiger partial charge in [0.2, 0.25) is 0 Å². The fourth-order valence-corrected chi connectivity index (χ4v) is 1.16. The molecule has 1 rings (SSSR count). The van der Waals surface area contributed by atoms with Gasteiger partial charge in [-0.25, -0.2) is 4.79 Å². The molecule has 1 N–H and O–H groups in total. The lowest BCUT2D eigenvalue weighted by Gasteiger charge is -2.27. The fourth-order valence-electron chi connectivity index (χ4n) is 1.16. The van der Waals surface area contributed by atoms with E-state index in [1.54, 1.807) is 0 Å². The average Bonchev–Trinajstić information content (AvgIpc) is 2.18. The predicted molar refractivity (Wildman–Crippen MR) is 45.4 cm³/mol. The molecule has 5 nitrogen and oxygen atoms in total. The predicted octanol–water partition coefficient (Wildman–Crippen LogP) is -0.837. The number of carbonyl (C=O) groups is 1. The number of carbonyl (C=O) groups excluding carboxylic acids is 1. The van der Waals surface area contributed by atoms with Crippen molar-refractivity contribution in [2.75, 3.05) is 33.9 Å². The highest BCUT2D eigenvalue weighted by molar-refractivity contribution is 5.74. The summed E-state index contributed by atoms with van der Waals surface area (Å²) in [5.41, 5.74) is 0. The zero-order chi connectivity index (χ0) is 9.68. The van der Waals surface area contributed by atoms with Gasteiger partial charge in [-0.1, -0.05) is 0 Å². The van der Waals surface area contributed by atoms with Crippen molar-refractivity contribution in [3.05, 3.63) is 0 Å². The number of esters is 1. The Morgan fingerprint density at radius 1 is 1.54 bits per heavy atom. The zero-order valence-corrected chi connectivity index (χ0v) is 7.91. The molecule has 76 valence electrons. The number of likely N-dealkylation sites (N-methyl/N-ethyl adjacent to an activating group) is 1. The largest absolute Gasteiger partial charge is 0.467 e. The van der Waals surface area contributed by atoms with E-state index in [9.17, 15) is 4.79 Å². The smallest absolute Gasteiger partial charge is 0.337 e. The van der Waals surface area contributed by atoms with Crippen LogP contribution in [0, 0.1) is 0 Å². The maximum Gasteiger partial charge on any atom is 0.337 e. The van der Waals surface area contributed by atoms with E-state index >= 15 is 0 Å². The van der Waals surface area contributed by atoms with E-state index in [1.165, 1.54) is 7.11 Å². The minimum Gasteiger partial charge on any atom is -0.467 e. The Kier molecular flexibility index (Phi) is 4.14. The Morgan fingerprint density at radius 3 is 2.77 bits per heavy atom. The van der Waals surface area contributed by atoms with Crippen molar-refractivity contribution in [2.45, 2.75) is 12.2 Å². The molecule has 0 saturated carbocycles. The van der Waals surface area contributed by atoms with Crippen LogP contribution >= 0.6 is 0 Å². The molecule has 2 unspecified atom stereocenters. The minimum atomic E-state index is -0.557. The van der Waals surface area contributed by atoms with Crippen LogP contribution in [0.3, 0.4) is 0 Å². The summed E-state index contributed by atoms with van der Waals surface area (Å²) in [4.78, 5) is 11.0. The van der Waals surface area contributed by atoms with Gasteiger partial charge in [-0.05, 0) is 7.05 Å². The summed E-state index contributed by atoms with van der Waals surface area (Å²) in [6.07, 6.45) is -0.524. The van der Waals surface area contributed by atoms with E-state index in [2.05, 4.69) is 10.1 Å². The van der Waals surface area contributed by atoms with Crippen LogP contribution in [-0.4, -0.2) is 52.1 Å². The van der Waals surface area contributed by atoms with E-state index < -0.39 is 6.10 Å². The lowest BCUT2D eigenvalue weighted by molar-refractivity contribution is -0.177. The van der Waals surface area contributed by atoms with E-state index in [4.69, 9.17) is 9.47 Å². The highest BCUT2D eigenvalue weighted by Gasteiger charge is 2.27. The van der Waals surface area contributed by atoms with Crippen LogP contribution in [-0.2, 0) is 19.0 Å². The molecule has 0 aromatic rings. The molecule has 0 bridgehead atoms. The van der Waals surface area contributed by atoms with E-state index in [0.29, 0.717) is 6.61 Å². The van der Waals surface area contributed by atoms with Crippen LogP contribution < -0.4 is 5.32 Å². The minimum absolute atomic E-state index is 0.0332. The van der Waals surface area contributed by atoms with E-state index in [0.717, 1.165) is 6.54 Å². The third kappa shape index (κ3) is 2.95. The number of rotatable bonds is 3. The summed E-state index contributed by atoms with van der Waals surface area (Å²) >= 11 is 0. The fraction of sp³-hybridized carbons (Fsp3) is 0.875. The molecule has 0 amide bonds. The maximum absolute atomic E-state index is 11.0. The Hall–Kier alpha value is -0.650. The first-order chi connectivity index (χ1) is 6.27. The molecule has 0 radical (unpaired) electrons. The van der Waals surface area contributed by atoms with E-state index in [-0.39, 0.29) is 18.7 Å². The van der Waals surface area contributed by atoms with Gasteiger partial charge in [-0.3, -0.25) is 0 Å². The molecule has 13 heavy (non-hydrogen) atoms. The normalized spacial score (nSPS) is 28.5. The molecule has 1 heterocycles. The van der Waals surface area contributed by atoms with Crippen LogP contribution in [0.25, 0.3) is 0 Å². The molecule has 2 atom stereocenters. The van der Waals surface area contributed by atoms with Crippen molar-refractivity contribution in [1.82, 2.24) is 5.32 Å². The molecular formula is C8H15NO4. The Morgan fingerprint density at radius 2 is 2.31 bits per heavy atom. The maximum atomic E-state index is 11.0. The first kappa shape index (κ1) is 10.4. The third-order valence-corrected chi connectivity index (χ3v) is 1.86. The van der Waals surface area contributed by atoms with Gasteiger partial charge in [0.25, 0.3) is 0 Å². The van der Waals surface area contributed by atoms with Crippen LogP contribution in [0.15, 0.2) is 0 Å². The summed E-state index contributed by atoms with van der Waals surface area (Å²) in [5.74, 6) is -0.372.